The van der Waals surface area contributed by atoms with Crippen molar-refractivity contribution in [2.75, 3.05) is 33.3 Å². The highest BCUT2D eigenvalue weighted by Crippen LogP contribution is 2.29. The zero-order valence-corrected chi connectivity index (χ0v) is 13.5. The molecular formula is C17H23N3O3. The highest BCUT2D eigenvalue weighted by Gasteiger charge is 2.46. The van der Waals surface area contributed by atoms with E-state index in [0.29, 0.717) is 32.5 Å². The summed E-state index contributed by atoms with van der Waals surface area (Å²) in [6.07, 6.45) is 6.33. The van der Waals surface area contributed by atoms with Gasteiger partial charge >= 0.3 is 0 Å². The van der Waals surface area contributed by atoms with Gasteiger partial charge < -0.3 is 14.5 Å². The lowest BCUT2D eigenvalue weighted by Crippen LogP contribution is -2.60. The molecule has 0 aliphatic carbocycles. The van der Waals surface area contributed by atoms with Gasteiger partial charge in [-0.3, -0.25) is 14.6 Å². The average Bonchev–Trinajstić information content (AvgIpc) is 2.70. The fourth-order valence-corrected chi connectivity index (χ4v) is 3.38. The Morgan fingerprint density at radius 3 is 3.04 bits per heavy atom. The molecular weight excluding hydrogens is 294 g/mol. The quantitative estimate of drug-likeness (QED) is 0.812. The van der Waals surface area contributed by atoms with Crippen LogP contribution in [0.4, 0.5) is 0 Å². The van der Waals surface area contributed by atoms with Crippen LogP contribution >= 0.6 is 0 Å². The summed E-state index contributed by atoms with van der Waals surface area (Å²) in [7, 11) is 1.81. The summed E-state index contributed by atoms with van der Waals surface area (Å²) in [6.45, 7) is 2.07. The average molecular weight is 317 g/mol. The van der Waals surface area contributed by atoms with Gasteiger partial charge in [-0.25, -0.2) is 0 Å². The van der Waals surface area contributed by atoms with E-state index >= 15 is 0 Å². The van der Waals surface area contributed by atoms with Crippen LogP contribution in [0.5, 0.6) is 0 Å². The number of pyridine rings is 1. The molecule has 3 rings (SSSR count). The first-order valence-electron chi connectivity index (χ1n) is 8.17. The second-order valence-corrected chi connectivity index (χ2v) is 6.38. The minimum Gasteiger partial charge on any atom is -0.361 e. The van der Waals surface area contributed by atoms with Crippen LogP contribution in [0.3, 0.4) is 0 Å². The van der Waals surface area contributed by atoms with Crippen LogP contribution in [0, 0.1) is 0 Å². The number of rotatable bonds is 2. The largest absolute Gasteiger partial charge is 0.361 e. The van der Waals surface area contributed by atoms with Crippen LogP contribution in [-0.2, 0) is 20.7 Å². The van der Waals surface area contributed by atoms with Gasteiger partial charge in [0.15, 0.2) is 5.60 Å². The molecule has 2 fully saturated rings. The third kappa shape index (κ3) is 3.37. The molecule has 2 amide bonds. The Morgan fingerprint density at radius 1 is 1.39 bits per heavy atom. The van der Waals surface area contributed by atoms with Gasteiger partial charge in [-0.05, 0) is 30.9 Å². The summed E-state index contributed by atoms with van der Waals surface area (Å²) >= 11 is 0. The molecule has 0 radical (unpaired) electrons. The van der Waals surface area contributed by atoms with E-state index in [9.17, 15) is 9.59 Å². The minimum absolute atomic E-state index is 0.00822. The molecule has 3 heterocycles. The Hall–Kier alpha value is -1.95. The maximum absolute atomic E-state index is 12.7. The lowest BCUT2D eigenvalue weighted by molar-refractivity contribution is -0.173. The van der Waals surface area contributed by atoms with Crippen molar-refractivity contribution in [3.8, 4) is 0 Å². The first-order chi connectivity index (χ1) is 11.1. The van der Waals surface area contributed by atoms with E-state index < -0.39 is 5.60 Å². The van der Waals surface area contributed by atoms with E-state index in [-0.39, 0.29) is 11.8 Å². The van der Waals surface area contributed by atoms with Crippen molar-refractivity contribution >= 4 is 11.8 Å². The summed E-state index contributed by atoms with van der Waals surface area (Å²) in [6, 6.07) is 3.72. The van der Waals surface area contributed by atoms with Crippen molar-refractivity contribution < 1.29 is 14.3 Å². The Morgan fingerprint density at radius 2 is 2.26 bits per heavy atom. The van der Waals surface area contributed by atoms with E-state index in [1.165, 1.54) is 0 Å². The van der Waals surface area contributed by atoms with Gasteiger partial charge in [0, 0.05) is 32.5 Å². The smallest absolute Gasteiger partial charge is 0.256 e. The van der Waals surface area contributed by atoms with Crippen molar-refractivity contribution in [2.24, 2.45) is 0 Å². The molecule has 23 heavy (non-hydrogen) atoms. The number of likely N-dealkylation sites (N-methyl/N-ethyl adjacent to an activating group) is 1. The zero-order valence-electron chi connectivity index (χ0n) is 13.5. The highest BCUT2D eigenvalue weighted by molar-refractivity contribution is 5.87. The molecule has 0 bridgehead atoms. The monoisotopic (exact) mass is 317 g/mol. The van der Waals surface area contributed by atoms with Crippen LogP contribution in [0.2, 0.25) is 0 Å². The molecule has 2 aliphatic rings. The van der Waals surface area contributed by atoms with Gasteiger partial charge in [-0.15, -0.1) is 0 Å². The lowest BCUT2D eigenvalue weighted by atomic mass is 9.94. The molecule has 0 aromatic carbocycles. The number of carbonyl (C=O) groups is 2. The summed E-state index contributed by atoms with van der Waals surface area (Å²) in [4.78, 5) is 32.8. The van der Waals surface area contributed by atoms with Crippen molar-refractivity contribution in [1.29, 1.82) is 0 Å². The molecule has 6 heteroatoms. The molecule has 6 nitrogen and oxygen atoms in total. The predicted molar refractivity (Wildman–Crippen MR) is 84.7 cm³/mol. The van der Waals surface area contributed by atoms with E-state index in [4.69, 9.17) is 4.74 Å². The standard InChI is InChI=1S/C17H23N3O3/c1-19-8-3-2-6-17(16(19)22)13-20(9-10-23-17)15(21)11-14-5-4-7-18-12-14/h4-5,7,12H,2-3,6,8-11,13H2,1H3. The second-order valence-electron chi connectivity index (χ2n) is 6.38. The van der Waals surface area contributed by atoms with Crippen LogP contribution in [-0.4, -0.2) is 65.5 Å². The number of morpholine rings is 1. The van der Waals surface area contributed by atoms with Crippen molar-refractivity contribution in [2.45, 2.75) is 31.3 Å². The van der Waals surface area contributed by atoms with Gasteiger partial charge in [0.1, 0.15) is 0 Å². The molecule has 2 saturated heterocycles. The molecule has 1 unspecified atom stereocenters. The summed E-state index contributed by atoms with van der Waals surface area (Å²) in [5.41, 5.74) is 0.0380. The number of ether oxygens (including phenoxy) is 1. The topological polar surface area (TPSA) is 62.7 Å². The van der Waals surface area contributed by atoms with Crippen molar-refractivity contribution in [1.82, 2.24) is 14.8 Å². The van der Waals surface area contributed by atoms with Gasteiger partial charge in [-0.1, -0.05) is 6.07 Å². The summed E-state index contributed by atoms with van der Waals surface area (Å²) < 4.78 is 5.90. The van der Waals surface area contributed by atoms with Gasteiger partial charge in [0.25, 0.3) is 5.91 Å². The number of likely N-dealkylation sites (tertiary alicyclic amines) is 1. The van der Waals surface area contributed by atoms with Gasteiger partial charge in [0.2, 0.25) is 5.91 Å². The molecule has 1 aromatic heterocycles. The van der Waals surface area contributed by atoms with Gasteiger partial charge in [-0.2, -0.15) is 0 Å². The van der Waals surface area contributed by atoms with Crippen molar-refractivity contribution in [3.05, 3.63) is 30.1 Å². The number of hydrogen-bond acceptors (Lipinski definition) is 4. The van der Waals surface area contributed by atoms with E-state index in [1.54, 1.807) is 22.2 Å². The Bertz CT molecular complexity index is 578. The second kappa shape index (κ2) is 6.66. The number of carbonyl (C=O) groups excluding carboxylic acids is 2. The molecule has 1 aromatic rings. The molecule has 1 atom stereocenters. The van der Waals surface area contributed by atoms with E-state index in [1.807, 2.05) is 19.2 Å². The third-order valence-corrected chi connectivity index (χ3v) is 4.68. The third-order valence-electron chi connectivity index (χ3n) is 4.68. The highest BCUT2D eigenvalue weighted by atomic mass is 16.5. The van der Waals surface area contributed by atoms with E-state index in [2.05, 4.69) is 4.98 Å². The Balaban J connectivity index is 1.72. The van der Waals surface area contributed by atoms with E-state index in [0.717, 1.165) is 24.9 Å². The molecule has 0 N–H and O–H groups in total. The number of aromatic nitrogens is 1. The van der Waals surface area contributed by atoms with Crippen LogP contribution in [0.25, 0.3) is 0 Å². The SMILES string of the molecule is CN1CCCCC2(CN(C(=O)Cc3cccnc3)CCO2)C1=O. The maximum Gasteiger partial charge on any atom is 0.256 e. The summed E-state index contributed by atoms with van der Waals surface area (Å²) in [5, 5.41) is 0. The minimum atomic E-state index is -0.853. The first kappa shape index (κ1) is 15.9. The molecule has 0 saturated carbocycles. The summed E-state index contributed by atoms with van der Waals surface area (Å²) in [5.74, 6) is 0.0363. The Labute approximate surface area is 136 Å². The molecule has 124 valence electrons. The fourth-order valence-electron chi connectivity index (χ4n) is 3.38. The molecule has 2 aliphatic heterocycles. The number of nitrogens with zero attached hydrogens (tertiary/aromatic N) is 3. The normalized spacial score (nSPS) is 25.5. The van der Waals surface area contributed by atoms with Crippen LogP contribution in [0.1, 0.15) is 24.8 Å². The van der Waals surface area contributed by atoms with Gasteiger partial charge in [0.05, 0.1) is 19.6 Å². The van der Waals surface area contributed by atoms with Crippen LogP contribution < -0.4 is 0 Å². The first-order valence-corrected chi connectivity index (χ1v) is 8.17. The predicted octanol–water partition coefficient (Wildman–Crippen LogP) is 0.864. The molecule has 1 spiro atoms. The lowest BCUT2D eigenvalue weighted by Gasteiger charge is -2.42. The number of amides is 2. The fraction of sp³-hybridized carbons (Fsp3) is 0.588. The Kier molecular flexibility index (Phi) is 4.61. The van der Waals surface area contributed by atoms with Crippen molar-refractivity contribution in [3.63, 3.8) is 0 Å². The zero-order chi connectivity index (χ0) is 16.3. The maximum atomic E-state index is 12.7. The number of hydrogen-bond donors (Lipinski definition) is 0. The van der Waals surface area contributed by atoms with Crippen LogP contribution in [0.15, 0.2) is 24.5 Å².